The number of aromatic nitrogens is 3. The van der Waals surface area contributed by atoms with Crippen LogP contribution in [0, 0.1) is 32.1 Å². The van der Waals surface area contributed by atoms with Crippen LogP contribution in [0.4, 0.5) is 0 Å². The largest absolute Gasteiger partial charge is 0.488 e. The van der Waals surface area contributed by atoms with Gasteiger partial charge in [0.15, 0.2) is 12.6 Å². The average molecular weight is 515 g/mol. The summed E-state index contributed by atoms with van der Waals surface area (Å²) >= 11 is 6.39. The Morgan fingerprint density at radius 1 is 1.03 bits per heavy atom. The molecule has 37 heavy (non-hydrogen) atoms. The summed E-state index contributed by atoms with van der Waals surface area (Å²) in [5.41, 5.74) is 6.05. The van der Waals surface area contributed by atoms with Gasteiger partial charge in [-0.05, 0) is 50.1 Å². The van der Waals surface area contributed by atoms with Crippen molar-refractivity contribution in [2.45, 2.75) is 34.0 Å². The van der Waals surface area contributed by atoms with Crippen molar-refractivity contribution in [3.63, 3.8) is 0 Å². The summed E-state index contributed by atoms with van der Waals surface area (Å²) in [6, 6.07) is 12.5. The highest BCUT2D eigenvalue weighted by Crippen LogP contribution is 2.33. The van der Waals surface area contributed by atoms with Gasteiger partial charge < -0.3 is 9.47 Å². The molecular formula is C28H23ClN4O4. The number of ether oxygens (including phenoxy) is 2. The van der Waals surface area contributed by atoms with Crippen molar-refractivity contribution in [2.75, 3.05) is 0 Å². The van der Waals surface area contributed by atoms with E-state index in [4.69, 9.17) is 26.3 Å². The summed E-state index contributed by atoms with van der Waals surface area (Å²) in [6.07, 6.45) is 4.52. The van der Waals surface area contributed by atoms with E-state index in [1.54, 1.807) is 29.9 Å². The predicted molar refractivity (Wildman–Crippen MR) is 138 cm³/mol. The second kappa shape index (κ2) is 11.1. The normalized spacial score (nSPS) is 10.6. The molecule has 2 aromatic carbocycles. The van der Waals surface area contributed by atoms with Crippen LogP contribution in [0.15, 0.2) is 48.8 Å². The van der Waals surface area contributed by atoms with Crippen LogP contribution < -0.4 is 9.47 Å². The van der Waals surface area contributed by atoms with Gasteiger partial charge in [-0.3, -0.25) is 14.6 Å². The topological polar surface area (TPSA) is 107 Å². The number of nitrogens with zero attached hydrogens (tertiary/aromatic N) is 4. The van der Waals surface area contributed by atoms with Gasteiger partial charge in [-0.15, -0.1) is 0 Å². The highest BCUT2D eigenvalue weighted by atomic mass is 35.5. The fraction of sp³-hybridized carbons (Fsp3) is 0.179. The van der Waals surface area contributed by atoms with Gasteiger partial charge in [0.05, 0.1) is 38.8 Å². The minimum atomic E-state index is 0.108. The van der Waals surface area contributed by atoms with Gasteiger partial charge in [0, 0.05) is 24.0 Å². The van der Waals surface area contributed by atoms with Crippen LogP contribution in [-0.4, -0.2) is 27.3 Å². The van der Waals surface area contributed by atoms with Gasteiger partial charge in [-0.1, -0.05) is 23.7 Å². The van der Waals surface area contributed by atoms with Crippen molar-refractivity contribution in [1.29, 1.82) is 5.26 Å². The second-order valence-electron chi connectivity index (χ2n) is 8.38. The Hall–Kier alpha value is -4.48. The van der Waals surface area contributed by atoms with Crippen LogP contribution in [0.5, 0.6) is 11.5 Å². The fourth-order valence-electron chi connectivity index (χ4n) is 3.94. The predicted octanol–water partition coefficient (Wildman–Crippen LogP) is 5.50. The molecule has 4 rings (SSSR count). The van der Waals surface area contributed by atoms with Crippen molar-refractivity contribution in [3.8, 4) is 23.3 Å². The van der Waals surface area contributed by atoms with Crippen LogP contribution in [0.1, 0.15) is 54.4 Å². The zero-order valence-electron chi connectivity index (χ0n) is 20.5. The number of hydrogen-bond donors (Lipinski definition) is 0. The van der Waals surface area contributed by atoms with Gasteiger partial charge in [0.2, 0.25) is 0 Å². The number of nitriles is 1. The lowest BCUT2D eigenvalue weighted by atomic mass is 10.1. The van der Waals surface area contributed by atoms with Gasteiger partial charge in [-0.2, -0.15) is 10.4 Å². The molecule has 186 valence electrons. The highest BCUT2D eigenvalue weighted by Gasteiger charge is 2.16. The molecule has 0 saturated carbocycles. The molecule has 8 nitrogen and oxygen atoms in total. The van der Waals surface area contributed by atoms with E-state index in [0.717, 1.165) is 28.8 Å². The number of hydrogen-bond acceptors (Lipinski definition) is 7. The Balaban J connectivity index is 1.57. The molecule has 0 fully saturated rings. The Kier molecular flexibility index (Phi) is 7.66. The molecule has 2 heterocycles. The summed E-state index contributed by atoms with van der Waals surface area (Å²) in [7, 11) is 0. The molecule has 0 atom stereocenters. The summed E-state index contributed by atoms with van der Waals surface area (Å²) in [6.45, 7) is 5.93. The summed E-state index contributed by atoms with van der Waals surface area (Å²) < 4.78 is 13.6. The molecule has 9 heteroatoms. The fourth-order valence-corrected chi connectivity index (χ4v) is 4.16. The highest BCUT2D eigenvalue weighted by molar-refractivity contribution is 6.32. The third-order valence-corrected chi connectivity index (χ3v) is 6.30. The smallest absolute Gasteiger partial charge is 0.153 e. The van der Waals surface area contributed by atoms with Crippen LogP contribution >= 0.6 is 11.6 Å². The maximum atomic E-state index is 11.6. The molecule has 0 radical (unpaired) electrons. The molecule has 0 aliphatic rings. The number of aryl methyl sites for hydroxylation is 1. The number of rotatable bonds is 9. The van der Waals surface area contributed by atoms with Crippen molar-refractivity contribution in [1.82, 2.24) is 14.8 Å². The number of pyridine rings is 1. The SMILES string of the molecule is Cc1nn(-c2cccc(COc3cc(OCc4cncc(C#N)c4)c(C=O)cc3Cl)c2C)c(C)c1C=O. The van der Waals surface area contributed by atoms with E-state index in [0.29, 0.717) is 40.2 Å². The van der Waals surface area contributed by atoms with E-state index in [9.17, 15) is 9.59 Å². The summed E-state index contributed by atoms with van der Waals surface area (Å²) in [5, 5.41) is 13.9. The molecule has 0 aliphatic heterocycles. The third-order valence-electron chi connectivity index (χ3n) is 6.00. The lowest BCUT2D eigenvalue weighted by Gasteiger charge is -2.16. The number of carbonyl (C=O) groups is 2. The van der Waals surface area contributed by atoms with Gasteiger partial charge in [0.1, 0.15) is 30.8 Å². The van der Waals surface area contributed by atoms with E-state index in [-0.39, 0.29) is 23.8 Å². The molecule has 0 amide bonds. The Morgan fingerprint density at radius 3 is 2.51 bits per heavy atom. The quantitative estimate of drug-likeness (QED) is 0.271. The molecule has 0 saturated heterocycles. The third kappa shape index (κ3) is 5.37. The van der Waals surface area contributed by atoms with E-state index in [1.807, 2.05) is 38.1 Å². The number of carbonyl (C=O) groups excluding carboxylic acids is 2. The zero-order chi connectivity index (χ0) is 26.5. The van der Waals surface area contributed by atoms with Crippen molar-refractivity contribution < 1.29 is 19.1 Å². The molecule has 0 aliphatic carbocycles. The van der Waals surface area contributed by atoms with Crippen LogP contribution in [0.3, 0.4) is 0 Å². The first kappa shape index (κ1) is 25.6. The Morgan fingerprint density at radius 2 is 1.81 bits per heavy atom. The van der Waals surface area contributed by atoms with E-state index >= 15 is 0 Å². The Bertz CT molecular complexity index is 1540. The lowest BCUT2D eigenvalue weighted by Crippen LogP contribution is -2.06. The molecule has 4 aromatic rings. The maximum absolute atomic E-state index is 11.6. The first-order valence-corrected chi connectivity index (χ1v) is 11.7. The van der Waals surface area contributed by atoms with E-state index in [2.05, 4.69) is 10.1 Å². The molecule has 0 bridgehead atoms. The molecular weight excluding hydrogens is 492 g/mol. The average Bonchev–Trinajstić information content (AvgIpc) is 3.20. The summed E-state index contributed by atoms with van der Waals surface area (Å²) in [4.78, 5) is 27.1. The molecule has 2 aromatic heterocycles. The van der Waals surface area contributed by atoms with Crippen LogP contribution in [0.25, 0.3) is 5.69 Å². The molecule has 0 unspecified atom stereocenters. The van der Waals surface area contributed by atoms with Crippen molar-refractivity contribution >= 4 is 24.2 Å². The second-order valence-corrected chi connectivity index (χ2v) is 8.79. The Labute approximate surface area is 219 Å². The van der Waals surface area contributed by atoms with Crippen molar-refractivity contribution in [3.05, 3.63) is 98.6 Å². The van der Waals surface area contributed by atoms with Crippen molar-refractivity contribution in [2.24, 2.45) is 0 Å². The minimum absolute atomic E-state index is 0.108. The minimum Gasteiger partial charge on any atom is -0.488 e. The van der Waals surface area contributed by atoms with Crippen LogP contribution in [0.2, 0.25) is 5.02 Å². The zero-order valence-corrected chi connectivity index (χ0v) is 21.2. The van der Waals surface area contributed by atoms with E-state index in [1.165, 1.54) is 12.3 Å². The standard InChI is InChI=1S/C28H23ClN4O4/c1-17-22(5-4-6-26(17)33-19(3)24(14-35)18(2)32-33)16-37-28-9-27(23(13-34)8-25(28)29)36-15-21-7-20(10-30)11-31-12-21/h4-9,11-14H,15-16H2,1-3H3. The van der Waals surface area contributed by atoms with Gasteiger partial charge in [0.25, 0.3) is 0 Å². The molecule has 0 spiro atoms. The van der Waals surface area contributed by atoms with E-state index < -0.39 is 0 Å². The first-order valence-electron chi connectivity index (χ1n) is 11.3. The number of halogens is 1. The monoisotopic (exact) mass is 514 g/mol. The number of benzene rings is 2. The summed E-state index contributed by atoms with van der Waals surface area (Å²) in [5.74, 6) is 0.650. The number of aldehydes is 2. The van der Waals surface area contributed by atoms with Crippen LogP contribution in [-0.2, 0) is 13.2 Å². The van der Waals surface area contributed by atoms with Gasteiger partial charge in [-0.25, -0.2) is 4.68 Å². The maximum Gasteiger partial charge on any atom is 0.153 e. The molecule has 0 N–H and O–H groups in total. The lowest BCUT2D eigenvalue weighted by molar-refractivity contribution is 0.111. The van der Waals surface area contributed by atoms with Gasteiger partial charge >= 0.3 is 0 Å². The first-order chi connectivity index (χ1) is 17.9.